The Bertz CT molecular complexity index is 455. The van der Waals surface area contributed by atoms with Gasteiger partial charge >= 0.3 is 0 Å². The third kappa shape index (κ3) is 3.78. The van der Waals surface area contributed by atoms with Gasteiger partial charge in [0.15, 0.2) is 0 Å². The van der Waals surface area contributed by atoms with Crippen molar-refractivity contribution >= 4 is 5.69 Å². The zero-order valence-electron chi connectivity index (χ0n) is 13.2. The number of nitrogens with one attached hydrogen (secondary N) is 1. The van der Waals surface area contributed by atoms with Crippen molar-refractivity contribution in [1.29, 1.82) is 0 Å². The summed E-state index contributed by atoms with van der Waals surface area (Å²) >= 11 is 0. The van der Waals surface area contributed by atoms with Gasteiger partial charge in [0.05, 0.1) is 0 Å². The quantitative estimate of drug-likeness (QED) is 0.815. The van der Waals surface area contributed by atoms with Crippen molar-refractivity contribution < 1.29 is 4.74 Å². The van der Waals surface area contributed by atoms with Gasteiger partial charge in [0.2, 0.25) is 0 Å². The molecule has 2 aliphatic heterocycles. The molecule has 3 heteroatoms. The summed E-state index contributed by atoms with van der Waals surface area (Å²) in [5.41, 5.74) is 4.54. The molecule has 1 saturated heterocycles. The molecule has 0 unspecified atom stereocenters. The molecule has 0 aromatic heterocycles. The number of hydrogen-bond donors (Lipinski definition) is 1. The van der Waals surface area contributed by atoms with Crippen molar-refractivity contribution in [3.8, 4) is 0 Å². The minimum absolute atomic E-state index is 0.819. The first kappa shape index (κ1) is 14.9. The second-order valence-corrected chi connectivity index (χ2v) is 6.42. The molecule has 2 aliphatic rings. The summed E-state index contributed by atoms with van der Waals surface area (Å²) in [6.45, 7) is 5.43. The van der Waals surface area contributed by atoms with Gasteiger partial charge in [-0.2, -0.15) is 0 Å². The first-order valence-electron chi connectivity index (χ1n) is 8.46. The molecule has 1 aromatic carbocycles. The molecule has 1 fully saturated rings. The van der Waals surface area contributed by atoms with E-state index in [4.69, 9.17) is 4.74 Å². The van der Waals surface area contributed by atoms with Crippen LogP contribution in [0.25, 0.3) is 0 Å². The van der Waals surface area contributed by atoms with E-state index in [0.717, 1.165) is 25.7 Å². The lowest BCUT2D eigenvalue weighted by Gasteiger charge is -2.28. The molecule has 3 rings (SSSR count). The molecule has 2 heterocycles. The van der Waals surface area contributed by atoms with Gasteiger partial charge in [-0.15, -0.1) is 0 Å². The van der Waals surface area contributed by atoms with Gasteiger partial charge in [-0.1, -0.05) is 12.1 Å². The van der Waals surface area contributed by atoms with Gasteiger partial charge in [-0.25, -0.2) is 0 Å². The van der Waals surface area contributed by atoms with Crippen LogP contribution in [0, 0.1) is 5.92 Å². The zero-order valence-corrected chi connectivity index (χ0v) is 13.2. The molecule has 3 nitrogen and oxygen atoms in total. The number of benzene rings is 1. The van der Waals surface area contributed by atoms with Crippen LogP contribution in [0.5, 0.6) is 0 Å². The van der Waals surface area contributed by atoms with Crippen molar-refractivity contribution in [3.63, 3.8) is 0 Å². The Morgan fingerprint density at radius 1 is 1.29 bits per heavy atom. The molecule has 21 heavy (non-hydrogen) atoms. The molecule has 1 N–H and O–H groups in total. The molecule has 0 amide bonds. The number of rotatable bonds is 6. The number of fused-ring (bicyclic) bond motifs is 1. The Morgan fingerprint density at radius 2 is 2.14 bits per heavy atom. The Kier molecular flexibility index (Phi) is 5.15. The van der Waals surface area contributed by atoms with E-state index in [0.29, 0.717) is 0 Å². The van der Waals surface area contributed by atoms with Crippen molar-refractivity contribution in [3.05, 3.63) is 29.3 Å². The van der Waals surface area contributed by atoms with E-state index in [1.54, 1.807) is 5.56 Å². The van der Waals surface area contributed by atoms with Crippen LogP contribution in [0.1, 0.15) is 30.4 Å². The molecule has 0 spiro atoms. The van der Waals surface area contributed by atoms with Crippen molar-refractivity contribution in [2.45, 2.75) is 32.1 Å². The highest BCUT2D eigenvalue weighted by atomic mass is 16.5. The highest BCUT2D eigenvalue weighted by Crippen LogP contribution is 2.31. The van der Waals surface area contributed by atoms with Crippen molar-refractivity contribution in [2.24, 2.45) is 5.92 Å². The second kappa shape index (κ2) is 7.28. The van der Waals surface area contributed by atoms with E-state index in [9.17, 15) is 0 Å². The molecule has 0 radical (unpaired) electrons. The van der Waals surface area contributed by atoms with E-state index in [2.05, 4.69) is 28.4 Å². The van der Waals surface area contributed by atoms with Gasteiger partial charge in [-0.05, 0) is 68.8 Å². The fraction of sp³-hybridized carbons (Fsp3) is 0.667. The molecule has 0 saturated carbocycles. The van der Waals surface area contributed by atoms with E-state index in [-0.39, 0.29) is 0 Å². The summed E-state index contributed by atoms with van der Waals surface area (Å²) in [6, 6.07) is 7.13. The topological polar surface area (TPSA) is 24.5 Å². The highest BCUT2D eigenvalue weighted by molar-refractivity contribution is 5.59. The average molecular weight is 288 g/mol. The van der Waals surface area contributed by atoms with E-state index >= 15 is 0 Å². The van der Waals surface area contributed by atoms with Gasteiger partial charge in [-0.3, -0.25) is 0 Å². The Morgan fingerprint density at radius 3 is 2.95 bits per heavy atom. The summed E-state index contributed by atoms with van der Waals surface area (Å²) in [7, 11) is 2.02. The summed E-state index contributed by atoms with van der Waals surface area (Å²) in [5.74, 6) is 0.819. The minimum Gasteiger partial charge on any atom is -0.381 e. The molecular formula is C18H28N2O. The number of anilines is 1. The predicted molar refractivity (Wildman–Crippen MR) is 88.1 cm³/mol. The maximum absolute atomic E-state index is 5.47. The Hall–Kier alpha value is -1.06. The largest absolute Gasteiger partial charge is 0.381 e. The van der Waals surface area contributed by atoms with E-state index in [1.807, 2.05) is 7.05 Å². The highest BCUT2D eigenvalue weighted by Gasteiger charge is 2.23. The normalized spacial score (nSPS) is 19.0. The summed E-state index contributed by atoms with van der Waals surface area (Å²) in [4.78, 5) is 2.60. The zero-order chi connectivity index (χ0) is 14.5. The number of hydrogen-bond acceptors (Lipinski definition) is 3. The van der Waals surface area contributed by atoms with Crippen LogP contribution < -0.4 is 10.2 Å². The van der Waals surface area contributed by atoms with Gasteiger partial charge in [0, 0.05) is 32.0 Å². The average Bonchev–Trinajstić information content (AvgIpc) is 2.91. The van der Waals surface area contributed by atoms with Gasteiger partial charge in [0.25, 0.3) is 0 Å². The molecule has 0 bridgehead atoms. The van der Waals surface area contributed by atoms with E-state index < -0.39 is 0 Å². The standard InChI is InChI=1S/C18H28N2O/c1-19-9-2-3-15-4-5-18-17(13-15)6-10-20(18)14-16-7-11-21-12-8-16/h4-5,13,16,19H,2-3,6-12,14H2,1H3. The van der Waals surface area contributed by atoms with Crippen molar-refractivity contribution in [2.75, 3.05) is 44.8 Å². The third-order valence-corrected chi connectivity index (χ3v) is 4.85. The Labute approximate surface area is 128 Å². The lowest BCUT2D eigenvalue weighted by molar-refractivity contribution is 0.0683. The van der Waals surface area contributed by atoms with Crippen LogP contribution in [0.4, 0.5) is 5.69 Å². The first-order valence-corrected chi connectivity index (χ1v) is 8.46. The molecule has 0 aliphatic carbocycles. The minimum atomic E-state index is 0.819. The number of aryl methyl sites for hydroxylation is 1. The third-order valence-electron chi connectivity index (χ3n) is 4.85. The SMILES string of the molecule is CNCCCc1ccc2c(c1)CCN2CC1CCOCC1. The smallest absolute Gasteiger partial charge is 0.0469 e. The van der Waals surface area contributed by atoms with Crippen LogP contribution in [-0.2, 0) is 17.6 Å². The number of nitrogens with zero attached hydrogens (tertiary/aromatic N) is 1. The van der Waals surface area contributed by atoms with Crippen LogP contribution in [0.2, 0.25) is 0 Å². The second-order valence-electron chi connectivity index (χ2n) is 6.42. The Balaban J connectivity index is 1.59. The van der Waals surface area contributed by atoms with Crippen LogP contribution in [-0.4, -0.2) is 39.9 Å². The predicted octanol–water partition coefficient (Wildman–Crippen LogP) is 2.63. The first-order chi connectivity index (χ1) is 10.4. The summed E-state index contributed by atoms with van der Waals surface area (Å²) < 4.78 is 5.47. The lowest BCUT2D eigenvalue weighted by Crippen LogP contribution is -2.31. The fourth-order valence-corrected chi connectivity index (χ4v) is 3.58. The molecule has 1 aromatic rings. The maximum Gasteiger partial charge on any atom is 0.0469 e. The fourth-order valence-electron chi connectivity index (χ4n) is 3.58. The van der Waals surface area contributed by atoms with Gasteiger partial charge < -0.3 is 15.0 Å². The monoisotopic (exact) mass is 288 g/mol. The summed E-state index contributed by atoms with van der Waals surface area (Å²) in [6.07, 6.45) is 6.09. The molecular weight excluding hydrogens is 260 g/mol. The maximum atomic E-state index is 5.47. The van der Waals surface area contributed by atoms with E-state index in [1.165, 1.54) is 56.4 Å². The molecule has 116 valence electrons. The van der Waals surface area contributed by atoms with Crippen molar-refractivity contribution in [1.82, 2.24) is 5.32 Å². The number of ether oxygens (including phenoxy) is 1. The van der Waals surface area contributed by atoms with Crippen LogP contribution in [0.15, 0.2) is 18.2 Å². The van der Waals surface area contributed by atoms with Crippen LogP contribution in [0.3, 0.4) is 0 Å². The van der Waals surface area contributed by atoms with Crippen LogP contribution >= 0.6 is 0 Å². The summed E-state index contributed by atoms with van der Waals surface area (Å²) in [5, 5.41) is 3.22. The lowest BCUT2D eigenvalue weighted by atomic mass is 9.99. The molecule has 0 atom stereocenters. The van der Waals surface area contributed by atoms with Gasteiger partial charge in [0.1, 0.15) is 0 Å².